The van der Waals surface area contributed by atoms with Gasteiger partial charge in [-0.25, -0.2) is 0 Å². The molecular formula is C11H15NO3. The number of aliphatic hydroxyl groups is 1. The van der Waals surface area contributed by atoms with Gasteiger partial charge in [-0.1, -0.05) is 18.2 Å². The van der Waals surface area contributed by atoms with E-state index in [-0.39, 0.29) is 0 Å². The number of hydrogen-bond acceptors (Lipinski definition) is 3. The van der Waals surface area contributed by atoms with Crippen LogP contribution in [0.5, 0.6) is 5.75 Å². The number of amides is 1. The van der Waals surface area contributed by atoms with Crippen LogP contribution in [-0.2, 0) is 4.79 Å². The summed E-state index contributed by atoms with van der Waals surface area (Å²) >= 11 is 0. The van der Waals surface area contributed by atoms with Crippen LogP contribution in [0, 0.1) is 0 Å². The average molecular weight is 209 g/mol. The zero-order valence-corrected chi connectivity index (χ0v) is 8.81. The van der Waals surface area contributed by atoms with Gasteiger partial charge in [0.1, 0.15) is 5.75 Å². The van der Waals surface area contributed by atoms with Crippen LogP contribution in [0.25, 0.3) is 0 Å². The summed E-state index contributed by atoms with van der Waals surface area (Å²) in [6.07, 6.45) is -1.34. The summed E-state index contributed by atoms with van der Waals surface area (Å²) in [5.41, 5.74) is 5.73. The van der Waals surface area contributed by atoms with Crippen LogP contribution in [0.2, 0.25) is 0 Å². The molecule has 0 radical (unpaired) electrons. The van der Waals surface area contributed by atoms with Crippen LogP contribution in [0.15, 0.2) is 24.3 Å². The summed E-state index contributed by atoms with van der Waals surface area (Å²) in [6.45, 7) is 3.21. The van der Waals surface area contributed by atoms with Crippen molar-refractivity contribution in [2.75, 3.05) is 0 Å². The molecule has 2 atom stereocenters. The van der Waals surface area contributed by atoms with Crippen LogP contribution in [-0.4, -0.2) is 17.1 Å². The predicted octanol–water partition coefficient (Wildman–Crippen LogP) is 0.992. The number of hydrogen-bond donors (Lipinski definition) is 2. The number of carbonyl (C=O) groups is 1. The van der Waals surface area contributed by atoms with E-state index in [0.29, 0.717) is 11.3 Å². The second-order valence-corrected chi connectivity index (χ2v) is 3.38. The number of nitrogens with two attached hydrogens (primary N) is 1. The molecule has 1 aromatic rings. The van der Waals surface area contributed by atoms with Crippen LogP contribution in [0.1, 0.15) is 25.5 Å². The molecule has 15 heavy (non-hydrogen) atoms. The van der Waals surface area contributed by atoms with Crippen molar-refractivity contribution in [3.8, 4) is 5.75 Å². The van der Waals surface area contributed by atoms with Gasteiger partial charge >= 0.3 is 0 Å². The van der Waals surface area contributed by atoms with Gasteiger partial charge in [0.25, 0.3) is 5.91 Å². The van der Waals surface area contributed by atoms with Crippen molar-refractivity contribution in [2.24, 2.45) is 5.73 Å². The quantitative estimate of drug-likeness (QED) is 0.776. The first-order chi connectivity index (χ1) is 7.02. The van der Waals surface area contributed by atoms with E-state index in [1.165, 1.54) is 0 Å². The highest BCUT2D eigenvalue weighted by Crippen LogP contribution is 2.25. The molecule has 0 bridgehead atoms. The van der Waals surface area contributed by atoms with E-state index in [1.807, 2.05) is 0 Å². The maximum absolute atomic E-state index is 10.8. The third-order valence-electron chi connectivity index (χ3n) is 2.07. The molecule has 4 nitrogen and oxygen atoms in total. The lowest BCUT2D eigenvalue weighted by molar-refractivity contribution is -0.124. The lowest BCUT2D eigenvalue weighted by Gasteiger charge is -2.16. The highest BCUT2D eigenvalue weighted by Gasteiger charge is 2.14. The van der Waals surface area contributed by atoms with E-state index in [1.54, 1.807) is 38.1 Å². The van der Waals surface area contributed by atoms with Gasteiger partial charge in [0.05, 0.1) is 6.10 Å². The minimum Gasteiger partial charge on any atom is -0.481 e. The summed E-state index contributed by atoms with van der Waals surface area (Å²) < 4.78 is 5.33. The van der Waals surface area contributed by atoms with Gasteiger partial charge in [0.15, 0.2) is 6.10 Å². The summed E-state index contributed by atoms with van der Waals surface area (Å²) in [5, 5.41) is 9.46. The minimum absolute atomic E-state index is 0.485. The van der Waals surface area contributed by atoms with Crippen LogP contribution in [0.4, 0.5) is 0 Å². The monoisotopic (exact) mass is 209 g/mol. The van der Waals surface area contributed by atoms with Gasteiger partial charge in [-0.05, 0) is 19.9 Å². The summed E-state index contributed by atoms with van der Waals surface area (Å²) in [7, 11) is 0. The maximum Gasteiger partial charge on any atom is 0.258 e. The van der Waals surface area contributed by atoms with Gasteiger partial charge in [-0.3, -0.25) is 4.79 Å². The molecule has 0 aromatic heterocycles. The fourth-order valence-electron chi connectivity index (χ4n) is 1.18. The second kappa shape index (κ2) is 4.79. The molecule has 0 spiro atoms. The van der Waals surface area contributed by atoms with E-state index in [0.717, 1.165) is 0 Å². The Bertz CT molecular complexity index is 349. The molecular weight excluding hydrogens is 194 g/mol. The first-order valence-corrected chi connectivity index (χ1v) is 4.75. The van der Waals surface area contributed by atoms with Crippen LogP contribution in [0.3, 0.4) is 0 Å². The standard InChI is InChI=1S/C11H15NO3/c1-7(13)9-5-3-4-6-10(9)15-8(2)11(12)14/h3-8,13H,1-2H3,(H2,12,14)/t7-,8?/m0/s1. The zero-order valence-electron chi connectivity index (χ0n) is 8.81. The van der Waals surface area contributed by atoms with E-state index in [2.05, 4.69) is 0 Å². The lowest BCUT2D eigenvalue weighted by atomic mass is 10.1. The van der Waals surface area contributed by atoms with Crippen molar-refractivity contribution < 1.29 is 14.6 Å². The van der Waals surface area contributed by atoms with Crippen molar-refractivity contribution in [1.29, 1.82) is 0 Å². The second-order valence-electron chi connectivity index (χ2n) is 3.38. The fourth-order valence-corrected chi connectivity index (χ4v) is 1.18. The Labute approximate surface area is 88.7 Å². The third kappa shape index (κ3) is 2.95. The van der Waals surface area contributed by atoms with Gasteiger partial charge < -0.3 is 15.6 Å². The molecule has 0 saturated carbocycles. The molecule has 0 saturated heterocycles. The van der Waals surface area contributed by atoms with Crippen molar-refractivity contribution in [1.82, 2.24) is 0 Å². The number of carbonyl (C=O) groups excluding carboxylic acids is 1. The minimum atomic E-state index is -0.704. The van der Waals surface area contributed by atoms with Gasteiger partial charge in [-0.15, -0.1) is 0 Å². The van der Waals surface area contributed by atoms with Crippen molar-refractivity contribution >= 4 is 5.91 Å². The van der Waals surface area contributed by atoms with Gasteiger partial charge in [-0.2, -0.15) is 0 Å². The molecule has 1 aromatic carbocycles. The predicted molar refractivity (Wildman–Crippen MR) is 56.4 cm³/mol. The fraction of sp³-hybridized carbons (Fsp3) is 0.364. The summed E-state index contributed by atoms with van der Waals surface area (Å²) in [4.78, 5) is 10.8. The molecule has 0 aliphatic heterocycles. The van der Waals surface area contributed by atoms with E-state index in [9.17, 15) is 9.90 Å². The van der Waals surface area contributed by atoms with E-state index >= 15 is 0 Å². The molecule has 1 rings (SSSR count). The molecule has 3 N–H and O–H groups in total. The molecule has 0 aliphatic rings. The van der Waals surface area contributed by atoms with Gasteiger partial charge in [0, 0.05) is 5.56 Å². The number of rotatable bonds is 4. The first-order valence-electron chi connectivity index (χ1n) is 4.75. The molecule has 1 amide bonds. The van der Waals surface area contributed by atoms with E-state index < -0.39 is 18.1 Å². The Balaban J connectivity index is 2.89. The highest BCUT2D eigenvalue weighted by molar-refractivity contribution is 5.78. The molecule has 4 heteroatoms. The van der Waals surface area contributed by atoms with Crippen LogP contribution >= 0.6 is 0 Å². The first kappa shape index (κ1) is 11.5. The Hall–Kier alpha value is -1.55. The van der Waals surface area contributed by atoms with Gasteiger partial charge in [0.2, 0.25) is 0 Å². The zero-order chi connectivity index (χ0) is 11.4. The topological polar surface area (TPSA) is 72.6 Å². The Kier molecular flexibility index (Phi) is 3.68. The summed E-state index contributed by atoms with van der Waals surface area (Å²) in [6, 6.07) is 7.01. The lowest BCUT2D eigenvalue weighted by Crippen LogP contribution is -2.31. The Morgan fingerprint density at radius 3 is 2.53 bits per heavy atom. The third-order valence-corrected chi connectivity index (χ3v) is 2.07. The molecule has 0 fully saturated rings. The Morgan fingerprint density at radius 2 is 2.00 bits per heavy atom. The number of benzene rings is 1. The molecule has 0 aliphatic carbocycles. The summed E-state index contributed by atoms with van der Waals surface area (Å²) in [5.74, 6) is -0.0470. The van der Waals surface area contributed by atoms with Crippen LogP contribution < -0.4 is 10.5 Å². The average Bonchev–Trinajstić information content (AvgIpc) is 2.18. The highest BCUT2D eigenvalue weighted by atomic mass is 16.5. The largest absolute Gasteiger partial charge is 0.481 e. The van der Waals surface area contributed by atoms with Crippen molar-refractivity contribution in [3.05, 3.63) is 29.8 Å². The number of ether oxygens (including phenoxy) is 1. The molecule has 82 valence electrons. The van der Waals surface area contributed by atoms with Crippen molar-refractivity contribution in [3.63, 3.8) is 0 Å². The number of para-hydroxylation sites is 1. The maximum atomic E-state index is 10.8. The van der Waals surface area contributed by atoms with Crippen molar-refractivity contribution in [2.45, 2.75) is 26.1 Å². The SMILES string of the molecule is CC(Oc1ccccc1[C@H](C)O)C(N)=O. The molecule has 1 unspecified atom stereocenters. The number of aliphatic hydroxyl groups excluding tert-OH is 1. The number of primary amides is 1. The molecule has 0 heterocycles. The van der Waals surface area contributed by atoms with E-state index in [4.69, 9.17) is 10.5 Å². The smallest absolute Gasteiger partial charge is 0.258 e. The Morgan fingerprint density at radius 1 is 1.40 bits per heavy atom. The normalized spacial score (nSPS) is 14.3.